The number of aryl methyl sites for hydroxylation is 1. The molecule has 1 saturated heterocycles. The first kappa shape index (κ1) is 23.0. The molecular formula is C27H28FN5O2. The molecule has 2 aromatic carbocycles. The molecule has 0 atom stereocenters. The fourth-order valence-corrected chi connectivity index (χ4v) is 4.67. The van der Waals surface area contributed by atoms with E-state index in [0.717, 1.165) is 47.6 Å². The van der Waals surface area contributed by atoms with Crippen LogP contribution in [0, 0.1) is 12.7 Å². The number of hydrogen-bond acceptors (Lipinski definition) is 5. The summed E-state index contributed by atoms with van der Waals surface area (Å²) in [5, 5.41) is 5.51. The Labute approximate surface area is 203 Å². The zero-order valence-electron chi connectivity index (χ0n) is 19.9. The number of piperazine rings is 1. The predicted octanol–water partition coefficient (Wildman–Crippen LogP) is 3.90. The molecular weight excluding hydrogens is 445 g/mol. The van der Waals surface area contributed by atoms with Gasteiger partial charge in [-0.2, -0.15) is 5.10 Å². The maximum Gasteiger partial charge on any atom is 0.244 e. The van der Waals surface area contributed by atoms with Crippen LogP contribution in [0.15, 0.2) is 60.8 Å². The second-order valence-corrected chi connectivity index (χ2v) is 8.82. The summed E-state index contributed by atoms with van der Waals surface area (Å²) in [4.78, 5) is 21.9. The van der Waals surface area contributed by atoms with Gasteiger partial charge < -0.3 is 9.64 Å². The van der Waals surface area contributed by atoms with Crippen LogP contribution in [0.5, 0.6) is 5.75 Å². The van der Waals surface area contributed by atoms with Gasteiger partial charge in [0.15, 0.2) is 5.65 Å². The smallest absolute Gasteiger partial charge is 0.244 e. The fourth-order valence-electron chi connectivity index (χ4n) is 4.67. The van der Waals surface area contributed by atoms with E-state index in [1.54, 1.807) is 30.1 Å². The van der Waals surface area contributed by atoms with Crippen LogP contribution in [0.1, 0.15) is 11.3 Å². The Balaban J connectivity index is 1.26. The van der Waals surface area contributed by atoms with Gasteiger partial charge in [0.1, 0.15) is 18.1 Å². The third-order valence-electron chi connectivity index (χ3n) is 6.51. The molecule has 1 fully saturated rings. The Hall–Kier alpha value is -3.78. The van der Waals surface area contributed by atoms with Crippen LogP contribution in [0.2, 0.25) is 0 Å². The summed E-state index contributed by atoms with van der Waals surface area (Å²) in [6.07, 6.45) is 1.71. The van der Waals surface area contributed by atoms with Crippen molar-refractivity contribution in [3.05, 3.63) is 77.9 Å². The van der Waals surface area contributed by atoms with Crippen molar-refractivity contribution in [2.45, 2.75) is 20.0 Å². The van der Waals surface area contributed by atoms with Crippen molar-refractivity contribution in [2.24, 2.45) is 0 Å². The zero-order valence-corrected chi connectivity index (χ0v) is 19.9. The summed E-state index contributed by atoms with van der Waals surface area (Å²) in [5.41, 5.74) is 4.47. The Morgan fingerprint density at radius 2 is 1.83 bits per heavy atom. The van der Waals surface area contributed by atoms with E-state index < -0.39 is 0 Å². The number of ether oxygens (including phenoxy) is 1. The van der Waals surface area contributed by atoms with Crippen LogP contribution >= 0.6 is 0 Å². The number of benzene rings is 2. The van der Waals surface area contributed by atoms with Gasteiger partial charge in [0.05, 0.1) is 12.8 Å². The first-order valence-corrected chi connectivity index (χ1v) is 11.7. The van der Waals surface area contributed by atoms with Crippen molar-refractivity contribution in [3.8, 4) is 16.9 Å². The first-order chi connectivity index (χ1) is 17.0. The molecule has 0 bridgehead atoms. The molecule has 0 spiro atoms. The van der Waals surface area contributed by atoms with E-state index in [-0.39, 0.29) is 18.3 Å². The van der Waals surface area contributed by atoms with Crippen LogP contribution in [-0.2, 0) is 17.9 Å². The topological polar surface area (TPSA) is 63.5 Å². The average Bonchev–Trinajstić information content (AvgIpc) is 3.20. The lowest BCUT2D eigenvalue weighted by atomic mass is 10.0. The van der Waals surface area contributed by atoms with Gasteiger partial charge in [0.2, 0.25) is 5.91 Å². The molecule has 2 aromatic heterocycles. The molecule has 1 aliphatic rings. The molecule has 0 unspecified atom stereocenters. The monoisotopic (exact) mass is 473 g/mol. The summed E-state index contributed by atoms with van der Waals surface area (Å²) in [5.74, 6) is 0.610. The Morgan fingerprint density at radius 3 is 2.57 bits per heavy atom. The number of methoxy groups -OCH3 is 1. The van der Waals surface area contributed by atoms with Gasteiger partial charge in [-0.15, -0.1) is 0 Å². The van der Waals surface area contributed by atoms with Crippen LogP contribution in [0.4, 0.5) is 4.39 Å². The second kappa shape index (κ2) is 9.84. The lowest BCUT2D eigenvalue weighted by Gasteiger charge is -2.34. The largest absolute Gasteiger partial charge is 0.497 e. The summed E-state index contributed by atoms with van der Waals surface area (Å²) < 4.78 is 20.4. The highest BCUT2D eigenvalue weighted by molar-refractivity contribution is 5.95. The van der Waals surface area contributed by atoms with Crippen molar-refractivity contribution < 1.29 is 13.9 Å². The number of aromatic nitrogens is 3. The van der Waals surface area contributed by atoms with E-state index in [9.17, 15) is 9.18 Å². The lowest BCUT2D eigenvalue weighted by Crippen LogP contribution is -2.49. The Bertz CT molecular complexity index is 1340. The standard InChI is InChI=1S/C27H28FN5O2/c1-19-26-24(21-6-8-22(28)9-7-21)10-11-29-27(26)33(30-19)18-25(34)32-14-12-31(13-15-32)17-20-4-3-5-23(16-20)35-2/h3-11,16H,12-15,17-18H2,1-2H3. The minimum absolute atomic E-state index is 0.0319. The first-order valence-electron chi connectivity index (χ1n) is 11.7. The van der Waals surface area contributed by atoms with Crippen LogP contribution in [0.25, 0.3) is 22.2 Å². The van der Waals surface area contributed by atoms with Crippen molar-refractivity contribution in [2.75, 3.05) is 33.3 Å². The summed E-state index contributed by atoms with van der Waals surface area (Å²) in [7, 11) is 1.67. The SMILES string of the molecule is COc1cccc(CN2CCN(C(=O)Cn3nc(C)c4c(-c5ccc(F)cc5)ccnc43)CC2)c1. The molecule has 5 rings (SSSR count). The minimum Gasteiger partial charge on any atom is -0.497 e. The number of amides is 1. The quantitative estimate of drug-likeness (QED) is 0.425. The van der Waals surface area contributed by atoms with Gasteiger partial charge in [-0.05, 0) is 53.9 Å². The molecule has 35 heavy (non-hydrogen) atoms. The highest BCUT2D eigenvalue weighted by atomic mass is 19.1. The predicted molar refractivity (Wildman–Crippen MR) is 133 cm³/mol. The number of nitrogens with zero attached hydrogens (tertiary/aromatic N) is 5. The van der Waals surface area contributed by atoms with Gasteiger partial charge in [-0.25, -0.2) is 14.1 Å². The van der Waals surface area contributed by atoms with E-state index >= 15 is 0 Å². The van der Waals surface area contributed by atoms with Crippen molar-refractivity contribution >= 4 is 16.9 Å². The molecule has 180 valence electrons. The van der Waals surface area contributed by atoms with Gasteiger partial charge in [-0.3, -0.25) is 9.69 Å². The van der Waals surface area contributed by atoms with E-state index in [1.165, 1.54) is 17.7 Å². The van der Waals surface area contributed by atoms with Crippen molar-refractivity contribution in [3.63, 3.8) is 0 Å². The van der Waals surface area contributed by atoms with E-state index in [0.29, 0.717) is 18.7 Å². The third kappa shape index (κ3) is 4.88. The fraction of sp³-hybridized carbons (Fsp3) is 0.296. The Morgan fingerprint density at radius 1 is 1.06 bits per heavy atom. The van der Waals surface area contributed by atoms with Gasteiger partial charge >= 0.3 is 0 Å². The number of carbonyl (C=O) groups is 1. The molecule has 7 nitrogen and oxygen atoms in total. The molecule has 1 amide bonds. The van der Waals surface area contributed by atoms with E-state index in [2.05, 4.69) is 27.1 Å². The molecule has 4 aromatic rings. The lowest BCUT2D eigenvalue weighted by molar-refractivity contribution is -0.133. The summed E-state index contributed by atoms with van der Waals surface area (Å²) in [6.45, 7) is 5.86. The molecule has 0 aliphatic carbocycles. The van der Waals surface area contributed by atoms with Crippen LogP contribution in [-0.4, -0.2) is 63.8 Å². The number of carbonyl (C=O) groups excluding carboxylic acids is 1. The van der Waals surface area contributed by atoms with E-state index in [4.69, 9.17) is 4.74 Å². The highest BCUT2D eigenvalue weighted by Gasteiger charge is 2.23. The van der Waals surface area contributed by atoms with Gasteiger partial charge in [0, 0.05) is 44.3 Å². The number of pyridine rings is 1. The zero-order chi connectivity index (χ0) is 24.4. The molecule has 8 heteroatoms. The molecule has 1 aliphatic heterocycles. The molecule has 0 saturated carbocycles. The summed E-state index contributed by atoms with van der Waals surface area (Å²) in [6, 6.07) is 16.4. The summed E-state index contributed by atoms with van der Waals surface area (Å²) >= 11 is 0. The van der Waals surface area contributed by atoms with Crippen LogP contribution in [0.3, 0.4) is 0 Å². The number of rotatable bonds is 6. The maximum atomic E-state index is 13.4. The number of fused-ring (bicyclic) bond motifs is 1. The molecule has 3 heterocycles. The average molecular weight is 474 g/mol. The number of hydrogen-bond donors (Lipinski definition) is 0. The normalized spacial score (nSPS) is 14.4. The molecule has 0 N–H and O–H groups in total. The van der Waals surface area contributed by atoms with Crippen molar-refractivity contribution in [1.29, 1.82) is 0 Å². The van der Waals surface area contributed by atoms with Gasteiger partial charge in [0.25, 0.3) is 0 Å². The second-order valence-electron chi connectivity index (χ2n) is 8.82. The van der Waals surface area contributed by atoms with Gasteiger partial charge in [-0.1, -0.05) is 24.3 Å². The third-order valence-corrected chi connectivity index (χ3v) is 6.51. The van der Waals surface area contributed by atoms with E-state index in [1.807, 2.05) is 30.0 Å². The van der Waals surface area contributed by atoms with Crippen molar-refractivity contribution in [1.82, 2.24) is 24.6 Å². The maximum absolute atomic E-state index is 13.4. The number of halogens is 1. The minimum atomic E-state index is -0.277. The highest BCUT2D eigenvalue weighted by Crippen LogP contribution is 2.30. The Kier molecular flexibility index (Phi) is 6.46. The molecule has 0 radical (unpaired) electrons. The van der Waals surface area contributed by atoms with Crippen LogP contribution < -0.4 is 4.74 Å².